The highest BCUT2D eigenvalue weighted by Crippen LogP contribution is 2.33. The predicted octanol–water partition coefficient (Wildman–Crippen LogP) is 3.02. The molecule has 2 N–H and O–H groups in total. The van der Waals surface area contributed by atoms with Gasteiger partial charge in [-0.05, 0) is 82.6 Å². The van der Waals surface area contributed by atoms with E-state index in [1.165, 1.54) is 6.92 Å². The summed E-state index contributed by atoms with van der Waals surface area (Å²) in [6.07, 6.45) is 12.4. The molecule has 38 heavy (non-hydrogen) atoms. The van der Waals surface area contributed by atoms with Crippen molar-refractivity contribution < 1.29 is 9.90 Å². The van der Waals surface area contributed by atoms with Gasteiger partial charge in [-0.15, -0.1) is 0 Å². The van der Waals surface area contributed by atoms with Crippen LogP contribution in [0.1, 0.15) is 100 Å². The number of piperidine rings is 1. The number of aliphatic hydroxyl groups is 1. The first-order chi connectivity index (χ1) is 18.2. The van der Waals surface area contributed by atoms with E-state index in [1.54, 1.807) is 4.57 Å². The molecule has 1 aromatic rings. The molecule has 2 fully saturated rings. The van der Waals surface area contributed by atoms with Crippen molar-refractivity contribution in [3.8, 4) is 0 Å². The largest absolute Gasteiger partial charge is 0.385 e. The van der Waals surface area contributed by atoms with Gasteiger partial charge in [0, 0.05) is 37.0 Å². The number of aliphatic imine (C=N–C) groups is 1. The number of aromatic nitrogens is 1. The number of carbonyl (C=O) groups excluding carboxylic acids is 1. The highest BCUT2D eigenvalue weighted by Gasteiger charge is 2.35. The lowest BCUT2D eigenvalue weighted by atomic mass is 9.82. The summed E-state index contributed by atoms with van der Waals surface area (Å²) in [5, 5.41) is 15.6. The number of hydrogen-bond donors (Lipinski definition) is 2. The third kappa shape index (κ3) is 4.96. The van der Waals surface area contributed by atoms with Gasteiger partial charge >= 0.3 is 0 Å². The van der Waals surface area contributed by atoms with Gasteiger partial charge in [0.05, 0.1) is 11.2 Å². The average Bonchev–Trinajstić information content (AvgIpc) is 3.35. The summed E-state index contributed by atoms with van der Waals surface area (Å²) in [6.45, 7) is 7.24. The standard InChI is InChI=1S/C30H41N5O3/c1-5-21-10-12-24-19(2)26(20(3)36)29(37)35(23-8-6-7-9-23)28(24)33-27(21)32-25-13-11-22(18-31-25)30(38)14-16-34(4)17-15-30/h12,18,23,38H,5-11,13-17H2,1-4H3,(H,31,32). The van der Waals surface area contributed by atoms with Crippen LogP contribution in [0.3, 0.4) is 0 Å². The van der Waals surface area contributed by atoms with Crippen molar-refractivity contribution in [3.63, 3.8) is 0 Å². The maximum atomic E-state index is 13.7. The van der Waals surface area contributed by atoms with Crippen molar-refractivity contribution in [2.75, 3.05) is 20.1 Å². The molecule has 4 aliphatic rings. The van der Waals surface area contributed by atoms with E-state index in [1.807, 2.05) is 13.1 Å². The number of hydrogen-bond acceptors (Lipinski definition) is 7. The number of pyridine rings is 1. The molecule has 1 saturated carbocycles. The van der Waals surface area contributed by atoms with E-state index in [0.29, 0.717) is 18.3 Å². The van der Waals surface area contributed by atoms with E-state index in [9.17, 15) is 14.7 Å². The zero-order valence-electron chi connectivity index (χ0n) is 23.3. The number of likely N-dealkylation sites (tertiary alicyclic amines) is 1. The summed E-state index contributed by atoms with van der Waals surface area (Å²) in [6, 6.07) is 0.0596. The Morgan fingerprint density at radius 1 is 1.21 bits per heavy atom. The van der Waals surface area contributed by atoms with Gasteiger partial charge in [0.15, 0.2) is 5.78 Å². The van der Waals surface area contributed by atoms with E-state index in [2.05, 4.69) is 30.3 Å². The van der Waals surface area contributed by atoms with Crippen LogP contribution in [0.5, 0.6) is 0 Å². The number of ketones is 1. The summed E-state index contributed by atoms with van der Waals surface area (Å²) in [7, 11) is 2.09. The molecule has 204 valence electrons. The summed E-state index contributed by atoms with van der Waals surface area (Å²) in [4.78, 5) is 38.3. The number of nitrogens with one attached hydrogen (secondary N) is 1. The Bertz CT molecular complexity index is 1400. The number of rotatable bonds is 5. The Labute approximate surface area is 224 Å². The second-order valence-corrected chi connectivity index (χ2v) is 11.4. The molecule has 0 unspecified atom stereocenters. The Balaban J connectivity index is 1.55. The van der Waals surface area contributed by atoms with Crippen molar-refractivity contribution in [2.24, 2.45) is 9.98 Å². The maximum Gasteiger partial charge on any atom is 0.263 e. The number of fused-ring (bicyclic) bond motifs is 1. The monoisotopic (exact) mass is 519 g/mol. The molecule has 0 radical (unpaired) electrons. The first-order valence-electron chi connectivity index (χ1n) is 14.2. The van der Waals surface area contributed by atoms with Crippen LogP contribution in [0.4, 0.5) is 0 Å². The van der Waals surface area contributed by atoms with Crippen LogP contribution < -0.4 is 21.6 Å². The van der Waals surface area contributed by atoms with E-state index >= 15 is 0 Å². The van der Waals surface area contributed by atoms with Crippen LogP contribution in [0, 0.1) is 6.92 Å². The average molecular weight is 520 g/mol. The molecule has 8 heteroatoms. The first kappa shape index (κ1) is 26.8. The number of amidine groups is 1. The lowest BCUT2D eigenvalue weighted by molar-refractivity contribution is 0.0134. The second kappa shape index (κ2) is 10.7. The molecule has 0 atom stereocenters. The molecular formula is C30H41N5O3. The molecule has 1 aromatic heterocycles. The number of carbonyl (C=O) groups is 1. The SMILES string of the molecule is CCC1=C(NC2=NC=C(C3(O)CCN(C)CC3)CC2)N=c2c(c(C)c(C(C)=O)c(=O)n2C2CCCC2)=CC1. The van der Waals surface area contributed by atoms with Crippen LogP contribution in [0.25, 0.3) is 6.08 Å². The van der Waals surface area contributed by atoms with Gasteiger partial charge in [0.25, 0.3) is 5.56 Å². The minimum absolute atomic E-state index is 0.0596. The normalized spacial score (nSPS) is 22.1. The van der Waals surface area contributed by atoms with Gasteiger partial charge in [0.2, 0.25) is 0 Å². The fourth-order valence-corrected chi connectivity index (χ4v) is 6.45. The number of nitrogens with zero attached hydrogens (tertiary/aromatic N) is 4. The highest BCUT2D eigenvalue weighted by molar-refractivity contribution is 5.95. The Hall–Kier alpha value is -2.84. The molecule has 5 rings (SSSR count). The molecule has 0 spiro atoms. The molecule has 3 aliphatic heterocycles. The summed E-state index contributed by atoms with van der Waals surface area (Å²) in [5.74, 6) is 1.38. The Morgan fingerprint density at radius 2 is 1.92 bits per heavy atom. The molecule has 4 heterocycles. The topological polar surface area (TPSA) is 99.3 Å². The fourth-order valence-electron chi connectivity index (χ4n) is 6.45. The molecule has 0 aromatic carbocycles. The summed E-state index contributed by atoms with van der Waals surface area (Å²) >= 11 is 0. The van der Waals surface area contributed by atoms with E-state index in [4.69, 9.17) is 9.98 Å². The summed E-state index contributed by atoms with van der Waals surface area (Å²) < 4.78 is 1.80. The van der Waals surface area contributed by atoms with Gasteiger partial charge in [-0.2, -0.15) is 0 Å². The Kier molecular flexibility index (Phi) is 7.56. The van der Waals surface area contributed by atoms with Gasteiger partial charge in [0.1, 0.15) is 17.1 Å². The molecule has 0 bridgehead atoms. The van der Waals surface area contributed by atoms with Gasteiger partial charge < -0.3 is 15.3 Å². The van der Waals surface area contributed by atoms with Crippen LogP contribution in [-0.4, -0.2) is 51.9 Å². The highest BCUT2D eigenvalue weighted by atomic mass is 16.3. The van der Waals surface area contributed by atoms with Crippen LogP contribution >= 0.6 is 0 Å². The number of Topliss-reactive ketones (excluding diaryl/α,β-unsaturated/α-hetero) is 1. The van der Waals surface area contributed by atoms with E-state index in [-0.39, 0.29) is 22.9 Å². The van der Waals surface area contributed by atoms with Gasteiger partial charge in [-0.3, -0.25) is 14.2 Å². The zero-order valence-corrected chi connectivity index (χ0v) is 23.3. The predicted molar refractivity (Wildman–Crippen MR) is 150 cm³/mol. The summed E-state index contributed by atoms with van der Waals surface area (Å²) in [5.41, 5.74) is 2.84. The lowest BCUT2D eigenvalue weighted by Crippen LogP contribution is -2.49. The minimum atomic E-state index is -0.765. The molecule has 1 aliphatic carbocycles. The van der Waals surface area contributed by atoms with E-state index in [0.717, 1.165) is 98.0 Å². The minimum Gasteiger partial charge on any atom is -0.385 e. The first-order valence-corrected chi connectivity index (χ1v) is 14.2. The molecule has 8 nitrogen and oxygen atoms in total. The van der Waals surface area contributed by atoms with Crippen molar-refractivity contribution >= 4 is 17.7 Å². The maximum absolute atomic E-state index is 13.7. The lowest BCUT2D eigenvalue weighted by Gasteiger charge is -2.39. The number of allylic oxidation sites excluding steroid dienone is 1. The van der Waals surface area contributed by atoms with Crippen LogP contribution in [0.15, 0.2) is 37.9 Å². The van der Waals surface area contributed by atoms with Crippen molar-refractivity contribution in [1.29, 1.82) is 0 Å². The van der Waals surface area contributed by atoms with Crippen LogP contribution in [-0.2, 0) is 0 Å². The zero-order chi connectivity index (χ0) is 27.0. The molecule has 0 amide bonds. The van der Waals surface area contributed by atoms with Crippen molar-refractivity contribution in [2.45, 2.75) is 96.6 Å². The second-order valence-electron chi connectivity index (χ2n) is 11.4. The third-order valence-corrected chi connectivity index (χ3v) is 8.94. The third-order valence-electron chi connectivity index (χ3n) is 8.94. The molecule has 1 saturated heterocycles. The molecular weight excluding hydrogens is 478 g/mol. The fraction of sp³-hybridized carbons (Fsp3) is 0.600. The van der Waals surface area contributed by atoms with Gasteiger partial charge in [-0.1, -0.05) is 25.8 Å². The van der Waals surface area contributed by atoms with Crippen molar-refractivity contribution in [3.05, 3.63) is 55.4 Å². The Morgan fingerprint density at radius 3 is 2.53 bits per heavy atom. The quantitative estimate of drug-likeness (QED) is 0.583. The smallest absolute Gasteiger partial charge is 0.263 e. The van der Waals surface area contributed by atoms with Gasteiger partial charge in [-0.25, -0.2) is 9.98 Å². The van der Waals surface area contributed by atoms with E-state index < -0.39 is 5.60 Å². The van der Waals surface area contributed by atoms with Crippen molar-refractivity contribution in [1.82, 2.24) is 14.8 Å². The van der Waals surface area contributed by atoms with Crippen LogP contribution in [0.2, 0.25) is 0 Å².